The van der Waals surface area contributed by atoms with Crippen LogP contribution in [0.1, 0.15) is 40.9 Å². The second kappa shape index (κ2) is 4.48. The lowest BCUT2D eigenvalue weighted by Crippen LogP contribution is -2.35. The van der Waals surface area contributed by atoms with E-state index in [1.165, 1.54) is 11.3 Å². The van der Waals surface area contributed by atoms with Crippen molar-refractivity contribution in [1.82, 2.24) is 4.90 Å². The SMILES string of the molecule is CC(C)(C)C(=O)N1Cc2cc(C(=O)CO)sc2C1. The van der Waals surface area contributed by atoms with Crippen LogP contribution < -0.4 is 0 Å². The van der Waals surface area contributed by atoms with Crippen molar-refractivity contribution in [2.24, 2.45) is 5.41 Å². The number of fused-ring (bicyclic) bond motifs is 1. The lowest BCUT2D eigenvalue weighted by atomic mass is 9.95. The summed E-state index contributed by atoms with van der Waals surface area (Å²) in [7, 11) is 0. The van der Waals surface area contributed by atoms with Gasteiger partial charge >= 0.3 is 0 Å². The van der Waals surface area contributed by atoms with E-state index in [0.717, 1.165) is 10.4 Å². The Morgan fingerprint density at radius 3 is 2.56 bits per heavy atom. The normalized spacial score (nSPS) is 14.8. The zero-order valence-electron chi connectivity index (χ0n) is 10.8. The number of carbonyl (C=O) groups is 2. The fourth-order valence-corrected chi connectivity index (χ4v) is 3.12. The molecule has 98 valence electrons. The summed E-state index contributed by atoms with van der Waals surface area (Å²) in [4.78, 5) is 27.0. The second-order valence-electron chi connectivity index (χ2n) is 5.55. The fraction of sp³-hybridized carbons (Fsp3) is 0.538. The number of nitrogens with zero attached hydrogens (tertiary/aromatic N) is 1. The highest BCUT2D eigenvalue weighted by molar-refractivity contribution is 7.14. The van der Waals surface area contributed by atoms with Crippen molar-refractivity contribution < 1.29 is 14.7 Å². The molecule has 0 atom stereocenters. The maximum Gasteiger partial charge on any atom is 0.228 e. The van der Waals surface area contributed by atoms with Gasteiger partial charge in [0, 0.05) is 16.8 Å². The smallest absolute Gasteiger partial charge is 0.228 e. The van der Waals surface area contributed by atoms with Crippen LogP contribution in [0.2, 0.25) is 0 Å². The topological polar surface area (TPSA) is 57.6 Å². The fourth-order valence-electron chi connectivity index (χ4n) is 2.00. The van der Waals surface area contributed by atoms with Gasteiger partial charge in [-0.3, -0.25) is 9.59 Å². The maximum absolute atomic E-state index is 12.1. The van der Waals surface area contributed by atoms with Crippen molar-refractivity contribution in [2.75, 3.05) is 6.61 Å². The van der Waals surface area contributed by atoms with Gasteiger partial charge in [-0.1, -0.05) is 20.8 Å². The number of rotatable bonds is 2. The molecule has 4 nitrogen and oxygen atoms in total. The molecule has 0 fully saturated rings. The highest BCUT2D eigenvalue weighted by Gasteiger charge is 2.32. The molecule has 0 bridgehead atoms. The molecule has 1 aromatic rings. The number of thiophene rings is 1. The first kappa shape index (κ1) is 13.2. The summed E-state index contributed by atoms with van der Waals surface area (Å²) >= 11 is 1.38. The zero-order valence-corrected chi connectivity index (χ0v) is 11.6. The predicted molar refractivity (Wildman–Crippen MR) is 69.4 cm³/mol. The zero-order chi connectivity index (χ0) is 13.5. The Bertz CT molecular complexity index is 475. The minimum atomic E-state index is -0.454. The molecular weight excluding hydrogens is 250 g/mol. The first-order chi connectivity index (χ1) is 8.32. The number of aliphatic hydroxyl groups is 1. The molecular formula is C13H17NO3S. The van der Waals surface area contributed by atoms with Gasteiger partial charge in [-0.05, 0) is 11.6 Å². The summed E-state index contributed by atoms with van der Waals surface area (Å²) in [6.45, 7) is 6.41. The summed E-state index contributed by atoms with van der Waals surface area (Å²) in [5.74, 6) is -0.121. The summed E-state index contributed by atoms with van der Waals surface area (Å²) < 4.78 is 0. The van der Waals surface area contributed by atoms with Gasteiger partial charge in [0.1, 0.15) is 6.61 Å². The molecule has 1 N–H and O–H groups in total. The van der Waals surface area contributed by atoms with Crippen molar-refractivity contribution >= 4 is 23.0 Å². The van der Waals surface area contributed by atoms with Crippen molar-refractivity contribution in [1.29, 1.82) is 0 Å². The lowest BCUT2D eigenvalue weighted by Gasteiger charge is -2.25. The third kappa shape index (κ3) is 2.33. The number of Topliss-reactive ketones (excluding diaryl/α,β-unsaturated/α-hetero) is 1. The molecule has 0 aliphatic carbocycles. The highest BCUT2D eigenvalue weighted by atomic mass is 32.1. The second-order valence-corrected chi connectivity index (χ2v) is 6.69. The Balaban J connectivity index is 2.13. The van der Waals surface area contributed by atoms with Crippen LogP contribution in [0.4, 0.5) is 0 Å². The molecule has 5 heteroatoms. The van der Waals surface area contributed by atoms with Crippen LogP contribution in [0, 0.1) is 5.41 Å². The number of hydrogen-bond donors (Lipinski definition) is 1. The molecule has 1 amide bonds. The average molecular weight is 267 g/mol. The van der Waals surface area contributed by atoms with Gasteiger partial charge in [-0.15, -0.1) is 11.3 Å². The van der Waals surface area contributed by atoms with Gasteiger partial charge < -0.3 is 10.0 Å². The van der Waals surface area contributed by atoms with E-state index in [2.05, 4.69) is 0 Å². The molecule has 0 saturated carbocycles. The molecule has 0 unspecified atom stereocenters. The molecule has 0 aromatic carbocycles. The molecule has 18 heavy (non-hydrogen) atoms. The summed E-state index contributed by atoms with van der Waals surface area (Å²) in [5, 5.41) is 8.82. The molecule has 1 aliphatic rings. The minimum Gasteiger partial charge on any atom is -0.388 e. The number of ketones is 1. The van der Waals surface area contributed by atoms with Gasteiger partial charge in [0.05, 0.1) is 11.4 Å². The maximum atomic E-state index is 12.1. The van der Waals surface area contributed by atoms with Crippen LogP contribution in [0.3, 0.4) is 0 Å². The van der Waals surface area contributed by atoms with Gasteiger partial charge in [-0.25, -0.2) is 0 Å². The van der Waals surface area contributed by atoms with E-state index in [9.17, 15) is 9.59 Å². The molecule has 1 aliphatic heterocycles. The van der Waals surface area contributed by atoms with E-state index in [1.807, 2.05) is 25.7 Å². The van der Waals surface area contributed by atoms with Crippen LogP contribution in [0.25, 0.3) is 0 Å². The number of hydrogen-bond acceptors (Lipinski definition) is 4. The number of carbonyl (C=O) groups excluding carboxylic acids is 2. The summed E-state index contributed by atoms with van der Waals surface area (Å²) in [6.07, 6.45) is 0. The Labute approximate surface area is 110 Å². The first-order valence-electron chi connectivity index (χ1n) is 5.88. The minimum absolute atomic E-state index is 0.126. The van der Waals surface area contributed by atoms with Gasteiger partial charge in [0.2, 0.25) is 5.91 Å². The number of amides is 1. The van der Waals surface area contributed by atoms with Gasteiger partial charge in [0.15, 0.2) is 5.78 Å². The Hall–Kier alpha value is -1.20. The quantitative estimate of drug-likeness (QED) is 0.831. The van der Waals surface area contributed by atoms with E-state index in [-0.39, 0.29) is 17.1 Å². The van der Waals surface area contributed by atoms with Crippen LogP contribution in [-0.2, 0) is 17.9 Å². The van der Waals surface area contributed by atoms with Crippen molar-refractivity contribution in [3.63, 3.8) is 0 Å². The average Bonchev–Trinajstić information content (AvgIpc) is 2.82. The molecule has 1 aromatic heterocycles. The molecule has 0 spiro atoms. The van der Waals surface area contributed by atoms with Gasteiger partial charge in [0.25, 0.3) is 0 Å². The van der Waals surface area contributed by atoms with Crippen LogP contribution in [0.5, 0.6) is 0 Å². The van der Waals surface area contributed by atoms with Crippen LogP contribution >= 0.6 is 11.3 Å². The van der Waals surface area contributed by atoms with Gasteiger partial charge in [-0.2, -0.15) is 0 Å². The highest BCUT2D eigenvalue weighted by Crippen LogP contribution is 2.33. The Kier molecular flexibility index (Phi) is 3.29. The largest absolute Gasteiger partial charge is 0.388 e. The monoisotopic (exact) mass is 267 g/mol. The van der Waals surface area contributed by atoms with Crippen molar-refractivity contribution in [2.45, 2.75) is 33.9 Å². The van der Waals surface area contributed by atoms with E-state index in [4.69, 9.17) is 5.11 Å². The summed E-state index contributed by atoms with van der Waals surface area (Å²) in [5.41, 5.74) is 0.659. The van der Waals surface area contributed by atoms with Crippen LogP contribution in [-0.4, -0.2) is 28.3 Å². The van der Waals surface area contributed by atoms with E-state index < -0.39 is 6.61 Å². The van der Waals surface area contributed by atoms with Crippen LogP contribution in [0.15, 0.2) is 6.07 Å². The Morgan fingerprint density at radius 1 is 1.39 bits per heavy atom. The molecule has 0 radical (unpaired) electrons. The third-order valence-electron chi connectivity index (χ3n) is 2.94. The number of aliphatic hydroxyl groups excluding tert-OH is 1. The molecule has 2 rings (SSSR count). The molecule has 2 heterocycles. The van der Waals surface area contributed by atoms with E-state index >= 15 is 0 Å². The standard InChI is InChI=1S/C13H17NO3S/c1-13(2,3)12(17)14-5-8-4-10(9(16)7-15)18-11(8)6-14/h4,15H,5-7H2,1-3H3. The first-order valence-corrected chi connectivity index (χ1v) is 6.69. The Morgan fingerprint density at radius 2 is 2.06 bits per heavy atom. The van der Waals surface area contributed by atoms with Crippen molar-refractivity contribution in [3.8, 4) is 0 Å². The summed E-state index contributed by atoms with van der Waals surface area (Å²) in [6, 6.07) is 1.80. The van der Waals surface area contributed by atoms with E-state index in [0.29, 0.717) is 18.0 Å². The third-order valence-corrected chi connectivity index (χ3v) is 4.14. The van der Waals surface area contributed by atoms with Crippen molar-refractivity contribution in [3.05, 3.63) is 21.4 Å². The predicted octanol–water partition coefficient (Wildman–Crippen LogP) is 1.81. The lowest BCUT2D eigenvalue weighted by molar-refractivity contribution is -0.140. The molecule has 0 saturated heterocycles. The van der Waals surface area contributed by atoms with E-state index in [1.54, 1.807) is 6.07 Å².